The molecule has 3 aromatic rings. The number of fused-ring (bicyclic) bond motifs is 1. The fourth-order valence-electron chi connectivity index (χ4n) is 5.13. The minimum Gasteiger partial charge on any atom is -0.494 e. The fourth-order valence-corrected chi connectivity index (χ4v) is 6.68. The Kier molecular flexibility index (Phi) is 7.62. The van der Waals surface area contributed by atoms with Gasteiger partial charge in [0.1, 0.15) is 11.6 Å². The third-order valence-corrected chi connectivity index (χ3v) is 9.04. The predicted octanol–water partition coefficient (Wildman–Crippen LogP) is 4.66. The summed E-state index contributed by atoms with van der Waals surface area (Å²) in [6, 6.07) is 16.4. The third kappa shape index (κ3) is 5.72. The van der Waals surface area contributed by atoms with Crippen LogP contribution in [0.3, 0.4) is 0 Å². The number of amides is 1. The van der Waals surface area contributed by atoms with Crippen molar-refractivity contribution < 1.29 is 17.9 Å². The molecular formula is C28H34N4O4S. The molecule has 0 aliphatic carbocycles. The van der Waals surface area contributed by atoms with Crippen LogP contribution in [0.15, 0.2) is 59.5 Å². The molecule has 1 aromatic heterocycles. The number of nitrogens with zero attached hydrogens (tertiary/aromatic N) is 3. The number of nitrogens with one attached hydrogen (secondary N) is 1. The van der Waals surface area contributed by atoms with E-state index in [1.807, 2.05) is 43.3 Å². The summed E-state index contributed by atoms with van der Waals surface area (Å²) in [6.07, 6.45) is 4.62. The van der Waals surface area contributed by atoms with Crippen LogP contribution in [0.25, 0.3) is 10.9 Å². The molecule has 9 heteroatoms. The molecule has 5 rings (SSSR count). The quantitative estimate of drug-likeness (QED) is 0.485. The van der Waals surface area contributed by atoms with E-state index < -0.39 is 10.0 Å². The number of carbonyl (C=O) groups is 1. The van der Waals surface area contributed by atoms with E-state index in [0.29, 0.717) is 31.1 Å². The molecule has 3 heterocycles. The topological polar surface area (TPSA) is 91.8 Å². The first-order chi connectivity index (χ1) is 17.9. The van der Waals surface area contributed by atoms with Gasteiger partial charge in [0.2, 0.25) is 15.9 Å². The second-order valence-corrected chi connectivity index (χ2v) is 11.7. The summed E-state index contributed by atoms with van der Waals surface area (Å²) in [5, 5.41) is 3.82. The van der Waals surface area contributed by atoms with Gasteiger partial charge in [-0.05, 0) is 87.2 Å². The Hall–Kier alpha value is -3.17. The van der Waals surface area contributed by atoms with Crippen molar-refractivity contribution in [3.05, 3.63) is 54.6 Å². The zero-order chi connectivity index (χ0) is 25.8. The predicted molar refractivity (Wildman–Crippen MR) is 146 cm³/mol. The van der Waals surface area contributed by atoms with Crippen LogP contribution >= 0.6 is 0 Å². The second-order valence-electron chi connectivity index (χ2n) is 9.72. The summed E-state index contributed by atoms with van der Waals surface area (Å²) in [4.78, 5) is 20.3. The molecule has 0 unspecified atom stereocenters. The summed E-state index contributed by atoms with van der Waals surface area (Å²) >= 11 is 0. The normalized spacial score (nSPS) is 19.1. The van der Waals surface area contributed by atoms with Gasteiger partial charge in [0.05, 0.1) is 22.9 Å². The van der Waals surface area contributed by atoms with E-state index in [0.717, 1.165) is 66.8 Å². The Morgan fingerprint density at radius 3 is 2.54 bits per heavy atom. The van der Waals surface area contributed by atoms with Crippen LogP contribution in [0.5, 0.6) is 5.75 Å². The van der Waals surface area contributed by atoms with E-state index in [9.17, 15) is 13.2 Å². The summed E-state index contributed by atoms with van der Waals surface area (Å²) < 4.78 is 33.2. The summed E-state index contributed by atoms with van der Waals surface area (Å²) in [7, 11) is -3.49. The van der Waals surface area contributed by atoms with Crippen molar-refractivity contribution in [1.82, 2.24) is 9.29 Å². The van der Waals surface area contributed by atoms with Gasteiger partial charge in [-0.15, -0.1) is 0 Å². The first kappa shape index (κ1) is 25.5. The van der Waals surface area contributed by atoms with E-state index >= 15 is 0 Å². The molecule has 196 valence electrons. The number of anilines is 2. The van der Waals surface area contributed by atoms with Crippen molar-refractivity contribution in [2.45, 2.75) is 43.9 Å². The first-order valence-corrected chi connectivity index (χ1v) is 14.6. The Labute approximate surface area is 218 Å². The van der Waals surface area contributed by atoms with Crippen LogP contribution in [0.2, 0.25) is 0 Å². The number of hydrogen-bond acceptors (Lipinski definition) is 6. The molecule has 1 amide bonds. The molecule has 1 N–H and O–H groups in total. The Balaban J connectivity index is 1.27. The van der Waals surface area contributed by atoms with Crippen molar-refractivity contribution in [2.24, 2.45) is 5.92 Å². The van der Waals surface area contributed by atoms with Gasteiger partial charge in [-0.1, -0.05) is 6.42 Å². The van der Waals surface area contributed by atoms with Gasteiger partial charge in [0, 0.05) is 37.3 Å². The number of rotatable bonds is 7. The third-order valence-electron chi connectivity index (χ3n) is 7.15. The van der Waals surface area contributed by atoms with E-state index in [-0.39, 0.29) is 11.8 Å². The van der Waals surface area contributed by atoms with Crippen LogP contribution in [0, 0.1) is 5.92 Å². The number of benzene rings is 2. The number of ether oxygens (including phenoxy) is 1. The zero-order valence-corrected chi connectivity index (χ0v) is 22.0. The minimum atomic E-state index is -3.49. The van der Waals surface area contributed by atoms with Gasteiger partial charge >= 0.3 is 0 Å². The highest BCUT2D eigenvalue weighted by Gasteiger charge is 2.28. The number of pyridine rings is 1. The molecule has 0 saturated carbocycles. The summed E-state index contributed by atoms with van der Waals surface area (Å²) in [5.41, 5.74) is 1.50. The molecular weight excluding hydrogens is 488 g/mol. The van der Waals surface area contributed by atoms with Gasteiger partial charge in [-0.2, -0.15) is 4.31 Å². The number of sulfonamides is 1. The van der Waals surface area contributed by atoms with Crippen molar-refractivity contribution in [1.29, 1.82) is 0 Å². The zero-order valence-electron chi connectivity index (χ0n) is 21.2. The van der Waals surface area contributed by atoms with Gasteiger partial charge in [-0.3, -0.25) is 4.79 Å². The van der Waals surface area contributed by atoms with Gasteiger partial charge in [-0.25, -0.2) is 13.4 Å². The number of aromatic nitrogens is 1. The number of piperidine rings is 2. The lowest BCUT2D eigenvalue weighted by Crippen LogP contribution is -2.41. The molecule has 2 aromatic carbocycles. The second kappa shape index (κ2) is 11.1. The van der Waals surface area contributed by atoms with E-state index in [1.165, 1.54) is 0 Å². The van der Waals surface area contributed by atoms with Crippen molar-refractivity contribution >= 4 is 38.3 Å². The molecule has 8 nitrogen and oxygen atoms in total. The Bertz CT molecular complexity index is 1350. The van der Waals surface area contributed by atoms with E-state index in [2.05, 4.69) is 10.2 Å². The largest absolute Gasteiger partial charge is 0.494 e. The highest BCUT2D eigenvalue weighted by atomic mass is 32.2. The lowest BCUT2D eigenvalue weighted by atomic mass is 9.97. The Morgan fingerprint density at radius 2 is 1.78 bits per heavy atom. The molecule has 0 spiro atoms. The summed E-state index contributed by atoms with van der Waals surface area (Å²) in [5.74, 6) is 1.44. The molecule has 2 saturated heterocycles. The average Bonchev–Trinajstić information content (AvgIpc) is 2.94. The number of hydrogen-bond donors (Lipinski definition) is 1. The molecule has 1 atom stereocenters. The minimum absolute atomic E-state index is 0.00205. The molecule has 37 heavy (non-hydrogen) atoms. The molecule has 0 bridgehead atoms. The van der Waals surface area contributed by atoms with Crippen molar-refractivity contribution in [2.75, 3.05) is 43.0 Å². The molecule has 2 aliphatic heterocycles. The Morgan fingerprint density at radius 1 is 1.00 bits per heavy atom. The lowest BCUT2D eigenvalue weighted by Gasteiger charge is -2.33. The first-order valence-electron chi connectivity index (χ1n) is 13.1. The van der Waals surface area contributed by atoms with Crippen LogP contribution in [0.4, 0.5) is 11.5 Å². The lowest BCUT2D eigenvalue weighted by molar-refractivity contribution is -0.120. The van der Waals surface area contributed by atoms with Gasteiger partial charge in [0.15, 0.2) is 0 Å². The maximum absolute atomic E-state index is 13.1. The van der Waals surface area contributed by atoms with Gasteiger partial charge < -0.3 is 15.0 Å². The van der Waals surface area contributed by atoms with Gasteiger partial charge in [0.25, 0.3) is 0 Å². The maximum Gasteiger partial charge on any atom is 0.243 e. The standard InChI is InChI=1S/C28H34N4O4S/c1-2-36-24-11-9-23(10-12-24)29-28(33)22-7-6-16-31(20-22)27-15-8-21-19-25(13-14-26(21)30-27)37(34,35)32-17-4-3-5-18-32/h8-15,19,22H,2-7,16-18,20H2,1H3,(H,29,33)/t22-/m1/s1. The highest BCUT2D eigenvalue weighted by Crippen LogP contribution is 2.28. The van der Waals surface area contributed by atoms with E-state index in [4.69, 9.17) is 9.72 Å². The van der Waals surface area contributed by atoms with Crippen molar-refractivity contribution in [3.63, 3.8) is 0 Å². The van der Waals surface area contributed by atoms with Crippen molar-refractivity contribution in [3.8, 4) is 5.75 Å². The monoisotopic (exact) mass is 522 g/mol. The van der Waals surface area contributed by atoms with Crippen LogP contribution in [-0.2, 0) is 14.8 Å². The maximum atomic E-state index is 13.1. The summed E-state index contributed by atoms with van der Waals surface area (Å²) in [6.45, 7) is 5.12. The van der Waals surface area contributed by atoms with Crippen LogP contribution in [-0.4, -0.2) is 56.4 Å². The molecule has 2 fully saturated rings. The molecule has 2 aliphatic rings. The fraction of sp³-hybridized carbons (Fsp3) is 0.429. The van der Waals surface area contributed by atoms with Crippen LogP contribution < -0.4 is 15.0 Å². The SMILES string of the molecule is CCOc1ccc(NC(=O)[C@@H]2CCCN(c3ccc4cc(S(=O)(=O)N5CCCCC5)ccc4n3)C2)cc1. The molecule has 0 radical (unpaired) electrons. The number of carbonyl (C=O) groups excluding carboxylic acids is 1. The smallest absolute Gasteiger partial charge is 0.243 e. The van der Waals surface area contributed by atoms with E-state index in [1.54, 1.807) is 22.5 Å². The van der Waals surface area contributed by atoms with Crippen LogP contribution in [0.1, 0.15) is 39.0 Å². The highest BCUT2D eigenvalue weighted by molar-refractivity contribution is 7.89. The average molecular weight is 523 g/mol.